The van der Waals surface area contributed by atoms with Gasteiger partial charge in [0.05, 0.1) is 0 Å². The van der Waals surface area contributed by atoms with Crippen molar-refractivity contribution in [1.82, 2.24) is 0 Å². The summed E-state index contributed by atoms with van der Waals surface area (Å²) >= 11 is 0. The van der Waals surface area contributed by atoms with Gasteiger partial charge in [0.2, 0.25) is 0 Å². The van der Waals surface area contributed by atoms with E-state index in [9.17, 15) is 0 Å². The maximum absolute atomic E-state index is 5.65. The van der Waals surface area contributed by atoms with Crippen LogP contribution in [0.3, 0.4) is 0 Å². The predicted molar refractivity (Wildman–Crippen MR) is 49.3 cm³/mol. The van der Waals surface area contributed by atoms with Gasteiger partial charge in [0.15, 0.2) is 11.6 Å². The van der Waals surface area contributed by atoms with Gasteiger partial charge in [-0.25, -0.2) is 0 Å². The lowest BCUT2D eigenvalue weighted by Gasteiger charge is -1.94. The highest BCUT2D eigenvalue weighted by Gasteiger charge is 2.01. The maximum Gasteiger partial charge on any atom is 0.168 e. The quantitative estimate of drug-likeness (QED) is 0.549. The van der Waals surface area contributed by atoms with Crippen molar-refractivity contribution in [3.05, 3.63) is 23.7 Å². The molecule has 0 saturated heterocycles. The van der Waals surface area contributed by atoms with Crippen LogP contribution in [-0.4, -0.2) is 12.4 Å². The number of rotatable bonds is 3. The average Bonchev–Trinajstić information content (AvgIpc) is 2.47. The van der Waals surface area contributed by atoms with E-state index in [1.54, 1.807) is 0 Å². The molecular formula is C9H14N2O. The number of amidine groups is 1. The molecule has 2 N–H and O–H groups in total. The monoisotopic (exact) mass is 166 g/mol. The van der Waals surface area contributed by atoms with Crippen molar-refractivity contribution in [1.29, 1.82) is 0 Å². The van der Waals surface area contributed by atoms with Crippen molar-refractivity contribution in [3.63, 3.8) is 0 Å². The van der Waals surface area contributed by atoms with Crippen LogP contribution in [0.2, 0.25) is 0 Å². The Labute approximate surface area is 72.3 Å². The van der Waals surface area contributed by atoms with Gasteiger partial charge in [-0.3, -0.25) is 4.99 Å². The summed E-state index contributed by atoms with van der Waals surface area (Å²) in [5, 5.41) is 0. The standard InChI is InChI=1S/C9H14N2O/c1-3-6-11-9(10)8-5-4-7(2)12-8/h4-5H,3,6H2,1-2H3,(H2,10,11). The van der Waals surface area contributed by atoms with Crippen LogP contribution < -0.4 is 5.73 Å². The van der Waals surface area contributed by atoms with Crippen molar-refractivity contribution in [3.8, 4) is 0 Å². The first kappa shape index (κ1) is 8.84. The van der Waals surface area contributed by atoms with Gasteiger partial charge in [-0.05, 0) is 25.5 Å². The molecule has 0 spiro atoms. The molecular weight excluding hydrogens is 152 g/mol. The Kier molecular flexibility index (Phi) is 2.91. The smallest absolute Gasteiger partial charge is 0.168 e. The number of aliphatic imine (C=N–C) groups is 1. The Morgan fingerprint density at radius 1 is 1.58 bits per heavy atom. The van der Waals surface area contributed by atoms with E-state index in [1.807, 2.05) is 19.1 Å². The van der Waals surface area contributed by atoms with Gasteiger partial charge in [0, 0.05) is 6.54 Å². The minimum absolute atomic E-state index is 0.491. The zero-order valence-electron chi connectivity index (χ0n) is 7.50. The first-order valence-electron chi connectivity index (χ1n) is 4.10. The number of nitrogens with two attached hydrogens (primary N) is 1. The molecule has 0 aliphatic carbocycles. The summed E-state index contributed by atoms with van der Waals surface area (Å²) in [6, 6.07) is 3.72. The molecule has 0 unspecified atom stereocenters. The third kappa shape index (κ3) is 2.12. The molecule has 3 nitrogen and oxygen atoms in total. The van der Waals surface area contributed by atoms with E-state index in [2.05, 4.69) is 11.9 Å². The first-order chi connectivity index (χ1) is 5.74. The van der Waals surface area contributed by atoms with Crippen LogP contribution in [-0.2, 0) is 0 Å². The molecule has 0 bridgehead atoms. The second-order valence-corrected chi connectivity index (χ2v) is 2.68. The lowest BCUT2D eigenvalue weighted by Crippen LogP contribution is -2.12. The van der Waals surface area contributed by atoms with Crippen LogP contribution in [0.4, 0.5) is 0 Å². The minimum Gasteiger partial charge on any atom is -0.458 e. The maximum atomic E-state index is 5.65. The third-order valence-corrected chi connectivity index (χ3v) is 1.50. The number of aryl methyl sites for hydroxylation is 1. The molecule has 0 amide bonds. The topological polar surface area (TPSA) is 51.5 Å². The molecule has 1 aromatic heterocycles. The van der Waals surface area contributed by atoms with E-state index in [-0.39, 0.29) is 0 Å². The van der Waals surface area contributed by atoms with Crippen LogP contribution in [0.25, 0.3) is 0 Å². The lowest BCUT2D eigenvalue weighted by molar-refractivity contribution is 0.524. The molecule has 3 heteroatoms. The van der Waals surface area contributed by atoms with Crippen molar-refractivity contribution < 1.29 is 4.42 Å². The Morgan fingerprint density at radius 3 is 2.83 bits per heavy atom. The van der Waals surface area contributed by atoms with Crippen molar-refractivity contribution in [2.45, 2.75) is 20.3 Å². The number of hydrogen-bond donors (Lipinski definition) is 1. The van der Waals surface area contributed by atoms with Gasteiger partial charge in [-0.15, -0.1) is 0 Å². The second-order valence-electron chi connectivity index (χ2n) is 2.68. The van der Waals surface area contributed by atoms with Gasteiger partial charge < -0.3 is 10.2 Å². The summed E-state index contributed by atoms with van der Waals surface area (Å²) in [4.78, 5) is 4.13. The highest BCUT2D eigenvalue weighted by molar-refractivity contribution is 5.94. The van der Waals surface area contributed by atoms with Crippen LogP contribution in [0, 0.1) is 6.92 Å². The van der Waals surface area contributed by atoms with Crippen LogP contribution >= 0.6 is 0 Å². The summed E-state index contributed by atoms with van der Waals surface area (Å²) in [7, 11) is 0. The molecule has 0 radical (unpaired) electrons. The fourth-order valence-electron chi connectivity index (χ4n) is 0.882. The Hall–Kier alpha value is -1.25. The molecule has 12 heavy (non-hydrogen) atoms. The van der Waals surface area contributed by atoms with Gasteiger partial charge in [0.25, 0.3) is 0 Å². The molecule has 0 aliphatic heterocycles. The Morgan fingerprint density at radius 2 is 2.33 bits per heavy atom. The van der Waals surface area contributed by atoms with E-state index in [1.165, 1.54) is 0 Å². The molecule has 1 heterocycles. The molecule has 0 atom stereocenters. The third-order valence-electron chi connectivity index (χ3n) is 1.50. The summed E-state index contributed by atoms with van der Waals surface area (Å²) in [6.07, 6.45) is 1.00. The summed E-state index contributed by atoms with van der Waals surface area (Å²) in [5.74, 6) is 2.02. The highest BCUT2D eigenvalue weighted by Crippen LogP contribution is 2.05. The van der Waals surface area contributed by atoms with E-state index >= 15 is 0 Å². The van der Waals surface area contributed by atoms with E-state index in [4.69, 9.17) is 10.2 Å². The highest BCUT2D eigenvalue weighted by atomic mass is 16.3. The van der Waals surface area contributed by atoms with Crippen molar-refractivity contribution >= 4 is 5.84 Å². The Balaban J connectivity index is 2.70. The lowest BCUT2D eigenvalue weighted by atomic mass is 10.4. The largest absolute Gasteiger partial charge is 0.458 e. The molecule has 66 valence electrons. The van der Waals surface area contributed by atoms with Crippen LogP contribution in [0.5, 0.6) is 0 Å². The number of hydrogen-bond acceptors (Lipinski definition) is 2. The fourth-order valence-corrected chi connectivity index (χ4v) is 0.882. The molecule has 1 rings (SSSR count). The number of nitrogens with zero attached hydrogens (tertiary/aromatic N) is 1. The van der Waals surface area contributed by atoms with E-state index < -0.39 is 0 Å². The van der Waals surface area contributed by atoms with Gasteiger partial charge in [0.1, 0.15) is 5.76 Å². The van der Waals surface area contributed by atoms with E-state index in [0.717, 1.165) is 18.7 Å². The normalized spacial score (nSPS) is 12.0. The summed E-state index contributed by atoms with van der Waals surface area (Å²) in [5.41, 5.74) is 5.65. The van der Waals surface area contributed by atoms with Crippen molar-refractivity contribution in [2.24, 2.45) is 10.7 Å². The van der Waals surface area contributed by atoms with Crippen LogP contribution in [0.1, 0.15) is 24.9 Å². The zero-order chi connectivity index (χ0) is 8.97. The van der Waals surface area contributed by atoms with Crippen LogP contribution in [0.15, 0.2) is 21.5 Å². The minimum atomic E-state index is 0.491. The fraction of sp³-hybridized carbons (Fsp3) is 0.444. The first-order valence-corrected chi connectivity index (χ1v) is 4.10. The zero-order valence-corrected chi connectivity index (χ0v) is 7.50. The summed E-state index contributed by atoms with van der Waals surface area (Å²) in [6.45, 7) is 4.70. The van der Waals surface area contributed by atoms with Gasteiger partial charge in [-0.2, -0.15) is 0 Å². The molecule has 0 aromatic carbocycles. The molecule has 1 aromatic rings. The second kappa shape index (κ2) is 3.95. The van der Waals surface area contributed by atoms with Gasteiger partial charge in [-0.1, -0.05) is 6.92 Å². The Bertz CT molecular complexity index is 276. The predicted octanol–water partition coefficient (Wildman–Crippen LogP) is 1.70. The number of furan rings is 1. The molecule has 0 saturated carbocycles. The van der Waals surface area contributed by atoms with Gasteiger partial charge >= 0.3 is 0 Å². The molecule has 0 fully saturated rings. The molecule has 0 aliphatic rings. The summed E-state index contributed by atoms with van der Waals surface area (Å²) < 4.78 is 5.29. The average molecular weight is 166 g/mol. The SMILES string of the molecule is CCCN=C(N)c1ccc(C)o1. The van der Waals surface area contributed by atoms with Crippen molar-refractivity contribution in [2.75, 3.05) is 6.54 Å². The van der Waals surface area contributed by atoms with E-state index in [0.29, 0.717) is 11.6 Å².